The number of rotatable bonds is 3. The number of hydrogen-bond acceptors (Lipinski definition) is 6. The summed E-state index contributed by atoms with van der Waals surface area (Å²) in [6, 6.07) is 0. The summed E-state index contributed by atoms with van der Waals surface area (Å²) in [6.45, 7) is 15.5. The van der Waals surface area contributed by atoms with E-state index in [-0.39, 0.29) is 41.9 Å². The summed E-state index contributed by atoms with van der Waals surface area (Å²) >= 11 is 0. The number of carbonyl (C=O) groups excluding carboxylic acids is 1. The fraction of sp³-hybridized carbons (Fsp3) is 0.656. The summed E-state index contributed by atoms with van der Waals surface area (Å²) in [5.74, 6) is -0.976. The molecule has 216 valence electrons. The fourth-order valence-electron chi connectivity index (χ4n) is 5.04. The molecule has 0 saturated heterocycles. The van der Waals surface area contributed by atoms with Crippen LogP contribution >= 0.6 is 0 Å². The molecule has 0 aromatic carbocycles. The summed E-state index contributed by atoms with van der Waals surface area (Å²) in [5.41, 5.74) is 0. The highest BCUT2D eigenvalue weighted by atomic mass is 16.5. The molecule has 0 aliphatic carbocycles. The minimum Gasteiger partial charge on any atom is -0.458 e. The van der Waals surface area contributed by atoms with Gasteiger partial charge in [0.15, 0.2) is 0 Å². The van der Waals surface area contributed by atoms with E-state index < -0.39 is 36.5 Å². The van der Waals surface area contributed by atoms with Crippen molar-refractivity contribution in [2.75, 3.05) is 0 Å². The molecule has 4 N–H and O–H groups in total. The molecule has 0 radical (unpaired) electrons. The van der Waals surface area contributed by atoms with E-state index in [1.165, 1.54) is 6.08 Å². The van der Waals surface area contributed by atoms with Gasteiger partial charge in [-0.3, -0.25) is 0 Å². The second-order valence-corrected chi connectivity index (χ2v) is 11.4. The third-order valence-electron chi connectivity index (χ3n) is 7.78. The lowest BCUT2D eigenvalue weighted by Crippen LogP contribution is -2.37. The van der Waals surface area contributed by atoms with Crippen LogP contribution in [-0.4, -0.2) is 56.9 Å². The van der Waals surface area contributed by atoms with Crippen molar-refractivity contribution in [3.63, 3.8) is 0 Å². The summed E-state index contributed by atoms with van der Waals surface area (Å²) in [7, 11) is 0. The van der Waals surface area contributed by atoms with Crippen molar-refractivity contribution < 1.29 is 30.0 Å². The zero-order valence-electron chi connectivity index (χ0n) is 24.2. The fourth-order valence-corrected chi connectivity index (χ4v) is 5.04. The van der Waals surface area contributed by atoms with Gasteiger partial charge in [-0.25, -0.2) is 4.79 Å². The molecule has 0 aromatic rings. The Hall–Kier alpha value is -1.99. The third kappa shape index (κ3) is 12.2. The smallest absolute Gasteiger partial charge is 0.331 e. The van der Waals surface area contributed by atoms with E-state index in [0.717, 1.165) is 12.8 Å². The number of esters is 1. The highest BCUT2D eigenvalue weighted by Gasteiger charge is 2.31. The van der Waals surface area contributed by atoms with Crippen molar-refractivity contribution in [2.24, 2.45) is 35.5 Å². The van der Waals surface area contributed by atoms with Crippen LogP contribution in [0.2, 0.25) is 0 Å². The lowest BCUT2D eigenvalue weighted by atomic mass is 9.82. The molecule has 0 fully saturated rings. The number of allylic oxidation sites excluding steroid dienone is 4. The Morgan fingerprint density at radius 1 is 0.921 bits per heavy atom. The third-order valence-corrected chi connectivity index (χ3v) is 7.78. The van der Waals surface area contributed by atoms with Crippen molar-refractivity contribution in [1.82, 2.24) is 0 Å². The second-order valence-electron chi connectivity index (χ2n) is 11.4. The summed E-state index contributed by atoms with van der Waals surface area (Å²) in [5, 5.41) is 42.7. The van der Waals surface area contributed by atoms with Crippen molar-refractivity contribution in [3.05, 3.63) is 61.3 Å². The van der Waals surface area contributed by atoms with Crippen LogP contribution in [0.15, 0.2) is 61.3 Å². The maximum Gasteiger partial charge on any atom is 0.331 e. The number of cyclic esters (lactones) is 1. The Morgan fingerprint density at radius 2 is 1.61 bits per heavy atom. The molecule has 1 aliphatic heterocycles. The SMILES string of the molecule is C=C/C=C\[C@@H](C)[C@H]1OC(=O)/C=C\C=C\[C@@H](C)[C@H](O)CC(O)/C=C\[C@@H](C)[C@@H](O)[C@@H](C)CC(C)CCC(O)[C@H]1C. The minimum atomic E-state index is -0.828. The summed E-state index contributed by atoms with van der Waals surface area (Å²) in [6.07, 6.45) is 14.2. The van der Waals surface area contributed by atoms with Crippen LogP contribution < -0.4 is 0 Å². The van der Waals surface area contributed by atoms with E-state index in [1.54, 1.807) is 30.4 Å². The molecule has 6 nitrogen and oxygen atoms in total. The molecule has 1 heterocycles. The normalized spacial score (nSPS) is 40.7. The molecular weight excluding hydrogens is 480 g/mol. The Bertz CT molecular complexity index is 815. The van der Waals surface area contributed by atoms with Crippen LogP contribution in [0.1, 0.15) is 67.2 Å². The number of hydrogen-bond donors (Lipinski definition) is 4. The van der Waals surface area contributed by atoms with E-state index in [0.29, 0.717) is 6.42 Å². The van der Waals surface area contributed by atoms with E-state index in [2.05, 4.69) is 13.5 Å². The van der Waals surface area contributed by atoms with Crippen LogP contribution in [0.3, 0.4) is 0 Å². The van der Waals surface area contributed by atoms with Gasteiger partial charge in [0.25, 0.3) is 0 Å². The molecule has 0 spiro atoms. The number of aliphatic hydroxyl groups excluding tert-OH is 4. The van der Waals surface area contributed by atoms with Crippen molar-refractivity contribution in [1.29, 1.82) is 0 Å². The number of ether oxygens (including phenoxy) is 1. The van der Waals surface area contributed by atoms with Gasteiger partial charge in [0.05, 0.1) is 24.4 Å². The maximum atomic E-state index is 12.6. The van der Waals surface area contributed by atoms with Gasteiger partial charge in [0, 0.05) is 36.2 Å². The lowest BCUT2D eigenvalue weighted by Gasteiger charge is -2.31. The van der Waals surface area contributed by atoms with Crippen LogP contribution in [0.25, 0.3) is 0 Å². The molecule has 0 aromatic heterocycles. The van der Waals surface area contributed by atoms with Crippen molar-refractivity contribution in [2.45, 2.75) is 97.7 Å². The van der Waals surface area contributed by atoms with Gasteiger partial charge in [0.2, 0.25) is 0 Å². The Morgan fingerprint density at radius 3 is 2.26 bits per heavy atom. The first-order chi connectivity index (χ1) is 17.9. The summed E-state index contributed by atoms with van der Waals surface area (Å²) < 4.78 is 5.81. The van der Waals surface area contributed by atoms with E-state index >= 15 is 0 Å². The van der Waals surface area contributed by atoms with Crippen molar-refractivity contribution >= 4 is 5.97 Å². The second kappa shape index (κ2) is 17.6. The Labute approximate surface area is 230 Å². The topological polar surface area (TPSA) is 107 Å². The van der Waals surface area contributed by atoms with Crippen LogP contribution in [0, 0.1) is 35.5 Å². The molecular formula is C32H52O6. The predicted molar refractivity (Wildman–Crippen MR) is 154 cm³/mol. The largest absolute Gasteiger partial charge is 0.458 e. The molecule has 0 saturated carbocycles. The molecule has 1 aliphatic rings. The zero-order chi connectivity index (χ0) is 28.8. The number of aliphatic hydroxyl groups is 4. The summed E-state index contributed by atoms with van der Waals surface area (Å²) in [4.78, 5) is 12.6. The van der Waals surface area contributed by atoms with E-state index in [4.69, 9.17) is 4.74 Å². The molecule has 6 heteroatoms. The van der Waals surface area contributed by atoms with Gasteiger partial charge in [-0.1, -0.05) is 96.7 Å². The van der Waals surface area contributed by atoms with Gasteiger partial charge in [-0.05, 0) is 31.1 Å². The maximum absolute atomic E-state index is 12.6. The highest BCUT2D eigenvalue weighted by molar-refractivity contribution is 5.82. The van der Waals surface area contributed by atoms with Crippen molar-refractivity contribution in [3.8, 4) is 0 Å². The molecule has 11 atom stereocenters. The van der Waals surface area contributed by atoms with Crippen LogP contribution in [0.4, 0.5) is 0 Å². The molecule has 0 bridgehead atoms. The van der Waals surface area contributed by atoms with E-state index in [9.17, 15) is 25.2 Å². The van der Waals surface area contributed by atoms with Gasteiger partial charge >= 0.3 is 5.97 Å². The first kappa shape index (κ1) is 34.0. The van der Waals surface area contributed by atoms with Gasteiger partial charge in [-0.15, -0.1) is 0 Å². The zero-order valence-corrected chi connectivity index (χ0v) is 24.2. The predicted octanol–water partition coefficient (Wildman–Crippen LogP) is 5.14. The quantitative estimate of drug-likeness (QED) is 0.228. The lowest BCUT2D eigenvalue weighted by molar-refractivity contribution is -0.150. The molecule has 3 unspecified atom stereocenters. The average Bonchev–Trinajstić information content (AvgIpc) is 2.88. The van der Waals surface area contributed by atoms with Gasteiger partial charge < -0.3 is 25.2 Å². The Balaban J connectivity index is 3.17. The molecule has 0 amide bonds. The van der Waals surface area contributed by atoms with Gasteiger partial charge in [0.1, 0.15) is 6.10 Å². The molecule has 38 heavy (non-hydrogen) atoms. The molecule has 1 rings (SSSR count). The van der Waals surface area contributed by atoms with Crippen LogP contribution in [-0.2, 0) is 9.53 Å². The van der Waals surface area contributed by atoms with E-state index in [1.807, 2.05) is 52.8 Å². The first-order valence-electron chi connectivity index (χ1n) is 14.1. The van der Waals surface area contributed by atoms with Crippen LogP contribution in [0.5, 0.6) is 0 Å². The average molecular weight is 533 g/mol. The van der Waals surface area contributed by atoms with Gasteiger partial charge in [-0.2, -0.15) is 0 Å². The standard InChI is InChI=1S/C32H52O6/c1-8-9-12-24(5)32-26(7)28(34)18-15-21(2)19-25(6)31(37)23(4)16-17-27(33)20-29(35)22(3)13-10-11-14-30(36)38-32/h8-14,16-17,21-29,31-35,37H,1,15,18-20H2,2-7H3/b12-9-,13-10+,14-11-,17-16-/t21?,22-,23-,24-,25+,26-,27?,28?,29-,31-,32-/m1/s1. The minimum absolute atomic E-state index is 0.0366. The Kier molecular flexibility index (Phi) is 15.7. The monoisotopic (exact) mass is 532 g/mol. The first-order valence-corrected chi connectivity index (χ1v) is 14.1. The number of carbonyl (C=O) groups is 1. The highest BCUT2D eigenvalue weighted by Crippen LogP contribution is 2.28.